The number of aryl methyl sites for hydroxylation is 1. The molecule has 0 aliphatic heterocycles. The van der Waals surface area contributed by atoms with E-state index in [1.807, 2.05) is 82.3 Å². The first-order valence-electron chi connectivity index (χ1n) is 11.7. The minimum Gasteiger partial charge on any atom is -0.350 e. The molecule has 6 heteroatoms. The lowest BCUT2D eigenvalue weighted by Crippen LogP contribution is -2.54. The van der Waals surface area contributed by atoms with Crippen molar-refractivity contribution in [2.75, 3.05) is 5.75 Å². The number of benzene rings is 3. The maximum Gasteiger partial charge on any atom is 0.243 e. The van der Waals surface area contributed by atoms with Crippen LogP contribution in [-0.2, 0) is 22.6 Å². The summed E-state index contributed by atoms with van der Waals surface area (Å²) in [6.07, 6.45) is 0.331. The summed E-state index contributed by atoms with van der Waals surface area (Å²) in [6, 6.07) is 23.1. The van der Waals surface area contributed by atoms with Crippen LogP contribution in [-0.4, -0.2) is 34.0 Å². The molecular weight excluding hydrogens is 459 g/mol. The van der Waals surface area contributed by atoms with Crippen LogP contribution in [0.1, 0.15) is 37.5 Å². The highest BCUT2D eigenvalue weighted by Crippen LogP contribution is 2.22. The van der Waals surface area contributed by atoms with E-state index >= 15 is 0 Å². The van der Waals surface area contributed by atoms with Crippen molar-refractivity contribution < 1.29 is 14.0 Å². The Kier molecular flexibility index (Phi) is 9.10. The Bertz CT molecular complexity index is 1130. The number of hydrogen-bond acceptors (Lipinski definition) is 3. The molecular formula is C29H33FN2O2S. The van der Waals surface area contributed by atoms with Crippen LogP contribution in [0.15, 0.2) is 83.8 Å². The number of hydrogen-bond donors (Lipinski definition) is 1. The van der Waals surface area contributed by atoms with Crippen LogP contribution >= 0.6 is 11.8 Å². The smallest absolute Gasteiger partial charge is 0.243 e. The van der Waals surface area contributed by atoms with Crippen molar-refractivity contribution in [3.8, 4) is 0 Å². The Morgan fingerprint density at radius 1 is 0.943 bits per heavy atom. The topological polar surface area (TPSA) is 49.4 Å². The minimum atomic E-state index is -0.789. The molecule has 0 radical (unpaired) electrons. The molecule has 0 spiro atoms. The number of thioether (sulfide) groups is 1. The first-order valence-corrected chi connectivity index (χ1v) is 12.7. The van der Waals surface area contributed by atoms with Gasteiger partial charge in [0.05, 0.1) is 5.75 Å². The zero-order valence-electron chi connectivity index (χ0n) is 20.8. The average molecular weight is 493 g/mol. The lowest BCUT2D eigenvalue weighted by atomic mass is 10.0. The van der Waals surface area contributed by atoms with E-state index in [-0.39, 0.29) is 24.1 Å². The number of nitrogens with one attached hydrogen (secondary N) is 1. The molecule has 1 N–H and O–H groups in total. The van der Waals surface area contributed by atoms with Crippen molar-refractivity contribution in [1.29, 1.82) is 0 Å². The van der Waals surface area contributed by atoms with E-state index in [4.69, 9.17) is 0 Å². The number of rotatable bonds is 9. The summed E-state index contributed by atoms with van der Waals surface area (Å²) in [5, 5.41) is 3.02. The zero-order chi connectivity index (χ0) is 25.4. The molecule has 3 aromatic carbocycles. The SMILES string of the molecule is Cc1ccc(SCC(=O)N(Cc2ccccc2F)[C@H](Cc2ccccc2)C(=O)NC(C)(C)C)cc1. The van der Waals surface area contributed by atoms with E-state index in [0.717, 1.165) is 16.0 Å². The van der Waals surface area contributed by atoms with E-state index in [9.17, 15) is 14.0 Å². The second kappa shape index (κ2) is 12.0. The molecule has 0 aliphatic carbocycles. The highest BCUT2D eigenvalue weighted by molar-refractivity contribution is 8.00. The van der Waals surface area contributed by atoms with Gasteiger partial charge in [0, 0.05) is 29.0 Å². The summed E-state index contributed by atoms with van der Waals surface area (Å²) in [7, 11) is 0. The highest BCUT2D eigenvalue weighted by atomic mass is 32.2. The quantitative estimate of drug-likeness (QED) is 0.385. The number of amides is 2. The minimum absolute atomic E-state index is 0.00896. The summed E-state index contributed by atoms with van der Waals surface area (Å²) in [5.41, 5.74) is 1.97. The Hall–Kier alpha value is -3.12. The fourth-order valence-corrected chi connectivity index (χ4v) is 4.46. The van der Waals surface area contributed by atoms with E-state index in [0.29, 0.717) is 12.0 Å². The van der Waals surface area contributed by atoms with Gasteiger partial charge in [-0.3, -0.25) is 9.59 Å². The Labute approximate surface area is 211 Å². The monoisotopic (exact) mass is 492 g/mol. The highest BCUT2D eigenvalue weighted by Gasteiger charge is 2.32. The van der Waals surface area contributed by atoms with Gasteiger partial charge >= 0.3 is 0 Å². The number of carbonyl (C=O) groups excluding carboxylic acids is 2. The molecule has 0 unspecified atom stereocenters. The van der Waals surface area contributed by atoms with E-state index in [1.54, 1.807) is 18.2 Å². The summed E-state index contributed by atoms with van der Waals surface area (Å²) >= 11 is 1.41. The summed E-state index contributed by atoms with van der Waals surface area (Å²) in [5.74, 6) is -0.729. The van der Waals surface area contributed by atoms with Gasteiger partial charge in [-0.15, -0.1) is 11.8 Å². The Balaban J connectivity index is 1.93. The van der Waals surface area contributed by atoms with Gasteiger partial charge in [-0.2, -0.15) is 0 Å². The van der Waals surface area contributed by atoms with Gasteiger partial charge in [-0.1, -0.05) is 66.2 Å². The molecule has 35 heavy (non-hydrogen) atoms. The molecule has 0 saturated heterocycles. The van der Waals surface area contributed by atoms with Crippen LogP contribution in [0.4, 0.5) is 4.39 Å². The van der Waals surface area contributed by atoms with Gasteiger partial charge < -0.3 is 10.2 Å². The number of carbonyl (C=O) groups is 2. The molecule has 3 aromatic rings. The molecule has 0 fully saturated rings. The summed E-state index contributed by atoms with van der Waals surface area (Å²) < 4.78 is 14.6. The fraction of sp³-hybridized carbons (Fsp3) is 0.310. The third-order valence-electron chi connectivity index (χ3n) is 5.45. The summed E-state index contributed by atoms with van der Waals surface area (Å²) in [4.78, 5) is 29.6. The Morgan fingerprint density at radius 3 is 2.20 bits per heavy atom. The lowest BCUT2D eigenvalue weighted by Gasteiger charge is -2.34. The summed E-state index contributed by atoms with van der Waals surface area (Å²) in [6.45, 7) is 7.73. The van der Waals surface area contributed by atoms with Crippen molar-refractivity contribution in [1.82, 2.24) is 10.2 Å². The first-order chi connectivity index (χ1) is 16.6. The van der Waals surface area contributed by atoms with Crippen LogP contribution in [0.25, 0.3) is 0 Å². The third kappa shape index (κ3) is 8.25. The lowest BCUT2D eigenvalue weighted by molar-refractivity contribution is -0.140. The van der Waals surface area contributed by atoms with Gasteiger partial charge in [0.2, 0.25) is 11.8 Å². The molecule has 0 aliphatic rings. The van der Waals surface area contributed by atoms with Crippen molar-refractivity contribution in [2.24, 2.45) is 0 Å². The second-order valence-corrected chi connectivity index (χ2v) is 10.7. The maximum absolute atomic E-state index is 14.6. The zero-order valence-corrected chi connectivity index (χ0v) is 21.6. The predicted molar refractivity (Wildman–Crippen MR) is 141 cm³/mol. The van der Waals surface area contributed by atoms with Crippen molar-refractivity contribution in [3.63, 3.8) is 0 Å². The van der Waals surface area contributed by atoms with Gasteiger partial charge in [0.15, 0.2) is 0 Å². The van der Waals surface area contributed by atoms with Gasteiger partial charge in [-0.05, 0) is 51.5 Å². The third-order valence-corrected chi connectivity index (χ3v) is 6.45. The first kappa shape index (κ1) is 26.5. The van der Waals surface area contributed by atoms with Gasteiger partial charge in [-0.25, -0.2) is 4.39 Å². The average Bonchev–Trinajstić information content (AvgIpc) is 2.81. The molecule has 0 aromatic heterocycles. The van der Waals surface area contributed by atoms with E-state index in [1.165, 1.54) is 22.7 Å². The second-order valence-electron chi connectivity index (χ2n) is 9.66. The van der Waals surface area contributed by atoms with E-state index in [2.05, 4.69) is 5.32 Å². The predicted octanol–water partition coefficient (Wildman–Crippen LogP) is 5.78. The van der Waals surface area contributed by atoms with Gasteiger partial charge in [0.1, 0.15) is 11.9 Å². The molecule has 3 rings (SSSR count). The van der Waals surface area contributed by atoms with E-state index < -0.39 is 17.4 Å². The fourth-order valence-electron chi connectivity index (χ4n) is 3.68. The van der Waals surface area contributed by atoms with Crippen LogP contribution in [0.5, 0.6) is 0 Å². The standard InChI is InChI=1S/C29H33FN2O2S/c1-21-14-16-24(17-15-21)35-20-27(33)32(19-23-12-8-9-13-25(23)30)26(28(34)31-29(2,3)4)18-22-10-6-5-7-11-22/h5-17,26H,18-20H2,1-4H3,(H,31,34)/t26-/m1/s1. The van der Waals surface area contributed by atoms with Crippen molar-refractivity contribution >= 4 is 23.6 Å². The molecule has 0 bridgehead atoms. The Morgan fingerprint density at radius 2 is 1.57 bits per heavy atom. The van der Waals surface area contributed by atoms with Crippen LogP contribution in [0.2, 0.25) is 0 Å². The largest absolute Gasteiger partial charge is 0.350 e. The molecule has 1 atom stereocenters. The maximum atomic E-state index is 14.6. The molecule has 0 heterocycles. The van der Waals surface area contributed by atoms with Crippen molar-refractivity contribution in [3.05, 3.63) is 101 Å². The van der Waals surface area contributed by atoms with Crippen molar-refractivity contribution in [2.45, 2.75) is 57.1 Å². The molecule has 4 nitrogen and oxygen atoms in total. The number of nitrogens with zero attached hydrogens (tertiary/aromatic N) is 1. The van der Waals surface area contributed by atoms with Gasteiger partial charge in [0.25, 0.3) is 0 Å². The molecule has 2 amide bonds. The molecule has 0 saturated carbocycles. The van der Waals surface area contributed by atoms with Crippen LogP contribution < -0.4 is 5.32 Å². The van der Waals surface area contributed by atoms with Crippen LogP contribution in [0.3, 0.4) is 0 Å². The number of halogens is 1. The normalized spacial score (nSPS) is 12.1. The molecule has 184 valence electrons. The van der Waals surface area contributed by atoms with Crippen LogP contribution in [0, 0.1) is 12.7 Å².